The second-order valence-corrected chi connectivity index (χ2v) is 6.44. The first-order chi connectivity index (χ1) is 12.2. The quantitative estimate of drug-likeness (QED) is 0.425. The maximum atomic E-state index is 5.61. The summed E-state index contributed by atoms with van der Waals surface area (Å²) in [7, 11) is 3.51. The molecule has 6 nitrogen and oxygen atoms in total. The molecule has 6 heteroatoms. The molecular weight excluding hydrogens is 316 g/mol. The number of hydrogen-bond donors (Lipinski definition) is 2. The van der Waals surface area contributed by atoms with Gasteiger partial charge in [-0.3, -0.25) is 9.89 Å². The molecule has 1 aromatic rings. The Kier molecular flexibility index (Phi) is 8.72. The summed E-state index contributed by atoms with van der Waals surface area (Å²) in [5.41, 5.74) is 2.61. The van der Waals surface area contributed by atoms with Crippen molar-refractivity contribution in [1.82, 2.24) is 15.5 Å². The lowest BCUT2D eigenvalue weighted by Gasteiger charge is -2.31. The van der Waals surface area contributed by atoms with Crippen LogP contribution < -0.4 is 10.6 Å². The van der Waals surface area contributed by atoms with Crippen LogP contribution in [-0.4, -0.2) is 64.0 Å². The fraction of sp³-hybridized carbons (Fsp3) is 0.632. The molecule has 1 heterocycles. The van der Waals surface area contributed by atoms with Gasteiger partial charge in [-0.2, -0.15) is 0 Å². The number of guanidine groups is 1. The standard InChI is InChI=1S/C19H32N4O2/c1-16-14-23(9-11-25-16)15-18-7-4-6-17(12-18)13-22-19(20-2)21-8-5-10-24-3/h4,6-7,12,16H,5,8-11,13-15H2,1-3H3,(H2,20,21,22). The van der Waals surface area contributed by atoms with Gasteiger partial charge >= 0.3 is 0 Å². The highest BCUT2D eigenvalue weighted by Crippen LogP contribution is 2.12. The number of nitrogens with zero attached hydrogens (tertiary/aromatic N) is 2. The average molecular weight is 348 g/mol. The van der Waals surface area contributed by atoms with Gasteiger partial charge < -0.3 is 20.1 Å². The maximum Gasteiger partial charge on any atom is 0.191 e. The molecule has 0 aliphatic carbocycles. The lowest BCUT2D eigenvalue weighted by molar-refractivity contribution is -0.0212. The predicted molar refractivity (Wildman–Crippen MR) is 102 cm³/mol. The smallest absolute Gasteiger partial charge is 0.191 e. The van der Waals surface area contributed by atoms with Crippen LogP contribution in [0.15, 0.2) is 29.3 Å². The molecule has 1 atom stereocenters. The molecule has 2 N–H and O–H groups in total. The van der Waals surface area contributed by atoms with Crippen LogP contribution >= 0.6 is 0 Å². The Labute approximate surface area is 151 Å². The van der Waals surface area contributed by atoms with E-state index in [0.717, 1.165) is 58.3 Å². The fourth-order valence-electron chi connectivity index (χ4n) is 2.96. The average Bonchev–Trinajstić information content (AvgIpc) is 2.61. The van der Waals surface area contributed by atoms with E-state index in [1.807, 2.05) is 0 Å². The van der Waals surface area contributed by atoms with Crippen molar-refractivity contribution in [3.63, 3.8) is 0 Å². The van der Waals surface area contributed by atoms with Crippen LogP contribution in [0.25, 0.3) is 0 Å². The van der Waals surface area contributed by atoms with Crippen molar-refractivity contribution in [3.05, 3.63) is 35.4 Å². The lowest BCUT2D eigenvalue weighted by Crippen LogP contribution is -2.40. The largest absolute Gasteiger partial charge is 0.385 e. The number of aliphatic imine (C=N–C) groups is 1. The number of nitrogens with one attached hydrogen (secondary N) is 2. The minimum atomic E-state index is 0.325. The van der Waals surface area contributed by atoms with Crippen molar-refractivity contribution in [3.8, 4) is 0 Å². The zero-order valence-electron chi connectivity index (χ0n) is 15.8. The van der Waals surface area contributed by atoms with Crippen molar-refractivity contribution in [2.45, 2.75) is 32.5 Å². The van der Waals surface area contributed by atoms with Gasteiger partial charge in [0.15, 0.2) is 5.96 Å². The molecule has 0 radical (unpaired) electrons. The summed E-state index contributed by atoms with van der Waals surface area (Å²) < 4.78 is 10.7. The zero-order valence-corrected chi connectivity index (χ0v) is 15.8. The predicted octanol–water partition coefficient (Wildman–Crippen LogP) is 1.61. The number of ether oxygens (including phenoxy) is 2. The summed E-state index contributed by atoms with van der Waals surface area (Å²) in [5, 5.41) is 6.66. The van der Waals surface area contributed by atoms with Gasteiger partial charge in [-0.15, -0.1) is 0 Å². The van der Waals surface area contributed by atoms with E-state index in [9.17, 15) is 0 Å². The molecule has 1 saturated heterocycles. The normalized spacial score (nSPS) is 19.0. The minimum Gasteiger partial charge on any atom is -0.385 e. The summed E-state index contributed by atoms with van der Waals surface area (Å²) in [6, 6.07) is 8.74. The molecule has 1 unspecified atom stereocenters. The Bertz CT molecular complexity index is 536. The molecular formula is C19H32N4O2. The Morgan fingerprint density at radius 3 is 2.96 bits per heavy atom. The van der Waals surface area contributed by atoms with Crippen LogP contribution in [0.2, 0.25) is 0 Å². The van der Waals surface area contributed by atoms with E-state index in [2.05, 4.69) is 51.7 Å². The Hall–Kier alpha value is -1.63. The van der Waals surface area contributed by atoms with Crippen LogP contribution in [0.3, 0.4) is 0 Å². The van der Waals surface area contributed by atoms with Gasteiger partial charge in [0.1, 0.15) is 0 Å². The summed E-state index contributed by atoms with van der Waals surface area (Å²) >= 11 is 0. The molecule has 1 aliphatic heterocycles. The van der Waals surface area contributed by atoms with Gasteiger partial charge in [-0.05, 0) is 24.5 Å². The Morgan fingerprint density at radius 1 is 1.36 bits per heavy atom. The summed E-state index contributed by atoms with van der Waals surface area (Å²) in [6.07, 6.45) is 1.29. The molecule has 140 valence electrons. The summed E-state index contributed by atoms with van der Waals surface area (Å²) in [4.78, 5) is 6.71. The topological polar surface area (TPSA) is 58.1 Å². The van der Waals surface area contributed by atoms with E-state index in [4.69, 9.17) is 9.47 Å². The monoisotopic (exact) mass is 348 g/mol. The number of rotatable bonds is 8. The first-order valence-electron chi connectivity index (χ1n) is 9.06. The van der Waals surface area contributed by atoms with Crippen LogP contribution in [0.5, 0.6) is 0 Å². The van der Waals surface area contributed by atoms with Crippen LogP contribution in [0.4, 0.5) is 0 Å². The SMILES string of the molecule is CN=C(NCCCOC)NCc1cccc(CN2CCOC(C)C2)c1. The molecule has 2 rings (SSSR count). The van der Waals surface area contributed by atoms with Gasteiger partial charge in [0.25, 0.3) is 0 Å². The molecule has 0 aromatic heterocycles. The van der Waals surface area contributed by atoms with E-state index >= 15 is 0 Å². The molecule has 1 aromatic carbocycles. The van der Waals surface area contributed by atoms with E-state index in [1.54, 1.807) is 14.2 Å². The summed E-state index contributed by atoms with van der Waals surface area (Å²) in [6.45, 7) is 8.31. The third-order valence-electron chi connectivity index (χ3n) is 4.22. The van der Waals surface area contributed by atoms with E-state index in [1.165, 1.54) is 11.1 Å². The van der Waals surface area contributed by atoms with Crippen LogP contribution in [-0.2, 0) is 22.6 Å². The van der Waals surface area contributed by atoms with Gasteiger partial charge in [0.2, 0.25) is 0 Å². The Balaban J connectivity index is 1.80. The first kappa shape index (κ1) is 19.7. The van der Waals surface area contributed by atoms with E-state index in [-0.39, 0.29) is 0 Å². The third-order valence-corrected chi connectivity index (χ3v) is 4.22. The number of methoxy groups -OCH3 is 1. The molecule has 25 heavy (non-hydrogen) atoms. The fourth-order valence-corrected chi connectivity index (χ4v) is 2.96. The zero-order chi connectivity index (χ0) is 17.9. The number of hydrogen-bond acceptors (Lipinski definition) is 4. The minimum absolute atomic E-state index is 0.325. The third kappa shape index (κ3) is 7.42. The molecule has 1 fully saturated rings. The highest BCUT2D eigenvalue weighted by Gasteiger charge is 2.16. The van der Waals surface area contributed by atoms with Crippen LogP contribution in [0, 0.1) is 0 Å². The first-order valence-corrected chi connectivity index (χ1v) is 9.06. The second kappa shape index (κ2) is 11.1. The Morgan fingerprint density at radius 2 is 2.20 bits per heavy atom. The highest BCUT2D eigenvalue weighted by molar-refractivity contribution is 5.79. The lowest BCUT2D eigenvalue weighted by atomic mass is 10.1. The van der Waals surface area contributed by atoms with Gasteiger partial charge in [-0.25, -0.2) is 0 Å². The van der Waals surface area contributed by atoms with Gasteiger partial charge in [0, 0.05) is 53.5 Å². The van der Waals surface area contributed by atoms with E-state index < -0.39 is 0 Å². The van der Waals surface area contributed by atoms with Crippen molar-refractivity contribution >= 4 is 5.96 Å². The molecule has 0 spiro atoms. The second-order valence-electron chi connectivity index (χ2n) is 6.44. The van der Waals surface area contributed by atoms with E-state index in [0.29, 0.717) is 6.10 Å². The molecule has 0 saturated carbocycles. The highest BCUT2D eigenvalue weighted by atomic mass is 16.5. The molecule has 0 amide bonds. The number of morpholine rings is 1. The van der Waals surface area contributed by atoms with Crippen molar-refractivity contribution in [2.24, 2.45) is 4.99 Å². The summed E-state index contributed by atoms with van der Waals surface area (Å²) in [5.74, 6) is 0.823. The van der Waals surface area contributed by atoms with Gasteiger partial charge in [-0.1, -0.05) is 24.3 Å². The van der Waals surface area contributed by atoms with Gasteiger partial charge in [0.05, 0.1) is 12.7 Å². The molecule has 0 bridgehead atoms. The van der Waals surface area contributed by atoms with Crippen LogP contribution in [0.1, 0.15) is 24.5 Å². The van der Waals surface area contributed by atoms with Crippen molar-refractivity contribution in [2.75, 3.05) is 47.0 Å². The number of benzene rings is 1. The van der Waals surface area contributed by atoms with Crippen molar-refractivity contribution < 1.29 is 9.47 Å². The van der Waals surface area contributed by atoms with Crippen molar-refractivity contribution in [1.29, 1.82) is 0 Å². The maximum absolute atomic E-state index is 5.61. The molecule has 1 aliphatic rings.